The number of esters is 1. The molecule has 43 heavy (non-hydrogen) atoms. The summed E-state index contributed by atoms with van der Waals surface area (Å²) in [6.07, 6.45) is 5.06. The lowest BCUT2D eigenvalue weighted by molar-refractivity contribution is 0.0322. The van der Waals surface area contributed by atoms with Crippen molar-refractivity contribution in [3.05, 3.63) is 76.6 Å². The summed E-state index contributed by atoms with van der Waals surface area (Å²) in [5.74, 6) is 0.522. The van der Waals surface area contributed by atoms with Crippen LogP contribution in [0, 0.1) is 0 Å². The number of ether oxygens (including phenoxy) is 4. The molecule has 0 aliphatic carbocycles. The Kier molecular flexibility index (Phi) is 8.66. The molecule has 0 radical (unpaired) electrons. The minimum absolute atomic E-state index is 0.354. The number of carbonyl (C=O) groups excluding carboxylic acids is 1. The van der Waals surface area contributed by atoms with Crippen molar-refractivity contribution in [1.29, 1.82) is 0 Å². The van der Waals surface area contributed by atoms with E-state index in [0.717, 1.165) is 65.6 Å². The molecule has 1 aliphatic rings. The minimum atomic E-state index is -0.479. The van der Waals surface area contributed by atoms with Crippen LogP contribution < -0.4 is 9.47 Å². The van der Waals surface area contributed by atoms with Crippen LogP contribution in [0.3, 0.4) is 0 Å². The first-order chi connectivity index (χ1) is 20.9. The number of rotatable bonds is 10. The Bertz CT molecular complexity index is 1740. The highest BCUT2D eigenvalue weighted by Gasteiger charge is 2.24. The zero-order chi connectivity index (χ0) is 29.9. The number of thiophene rings is 1. The topological polar surface area (TPSA) is 92.9 Å². The van der Waals surface area contributed by atoms with Gasteiger partial charge in [-0.05, 0) is 30.7 Å². The highest BCUT2D eigenvalue weighted by molar-refractivity contribution is 7.16. The number of fused-ring (bicyclic) bond motifs is 1. The van der Waals surface area contributed by atoms with Crippen molar-refractivity contribution < 1.29 is 23.7 Å². The summed E-state index contributed by atoms with van der Waals surface area (Å²) in [5, 5.41) is 5.52. The minimum Gasteiger partial charge on any atom is -0.491 e. The molecule has 6 rings (SSSR count). The number of morpholine rings is 1. The van der Waals surface area contributed by atoms with Gasteiger partial charge in [-0.3, -0.25) is 14.1 Å². The molecule has 0 spiro atoms. The van der Waals surface area contributed by atoms with Crippen molar-refractivity contribution in [2.75, 3.05) is 46.6 Å². The summed E-state index contributed by atoms with van der Waals surface area (Å²) < 4.78 is 26.6. The fraction of sp³-hybridized carbons (Fsp3) is 0.323. The third-order valence-electron chi connectivity index (χ3n) is 7.38. The van der Waals surface area contributed by atoms with Crippen LogP contribution in [-0.4, -0.2) is 76.8 Å². The largest absolute Gasteiger partial charge is 0.491 e. The van der Waals surface area contributed by atoms with Crippen LogP contribution >= 0.6 is 22.9 Å². The Morgan fingerprint density at radius 2 is 1.98 bits per heavy atom. The number of benzene rings is 2. The number of hydrogen-bond donors (Lipinski definition) is 0. The number of aryl methyl sites for hydroxylation is 1. The van der Waals surface area contributed by atoms with E-state index >= 15 is 0 Å². The second kappa shape index (κ2) is 12.8. The maximum absolute atomic E-state index is 12.8. The standard InChI is InChI=1S/C31H32ClN5O5S/c1-20(23-5-4-6-26(29(23)32)41-14-11-36-9-12-40-13-10-36)42-27-16-28(43-30(27)31(38)39-3)37-19-33-24-15-21(7-8-25(24)37)22-17-34-35(2)18-22/h4-8,15-20H,9-14H2,1-3H3/t20-/m1/s1. The Hall–Kier alpha value is -3.90. The lowest BCUT2D eigenvalue weighted by atomic mass is 10.1. The van der Waals surface area contributed by atoms with Gasteiger partial charge in [-0.2, -0.15) is 5.10 Å². The summed E-state index contributed by atoms with van der Waals surface area (Å²) in [5.41, 5.74) is 4.51. The number of halogens is 1. The second-order valence-corrected chi connectivity index (χ2v) is 11.6. The van der Waals surface area contributed by atoms with E-state index in [0.29, 0.717) is 28.0 Å². The van der Waals surface area contributed by atoms with E-state index in [-0.39, 0.29) is 0 Å². The van der Waals surface area contributed by atoms with Gasteiger partial charge in [0.1, 0.15) is 35.5 Å². The average Bonchev–Trinajstić information content (AvgIpc) is 3.76. The molecule has 5 aromatic rings. The number of nitrogens with zero attached hydrogens (tertiary/aromatic N) is 5. The van der Waals surface area contributed by atoms with Crippen molar-refractivity contribution >= 4 is 39.9 Å². The maximum atomic E-state index is 12.8. The van der Waals surface area contributed by atoms with Crippen molar-refractivity contribution in [3.63, 3.8) is 0 Å². The summed E-state index contributed by atoms with van der Waals surface area (Å²) in [7, 11) is 3.25. The molecule has 0 bridgehead atoms. The predicted molar refractivity (Wildman–Crippen MR) is 166 cm³/mol. The number of methoxy groups -OCH3 is 1. The van der Waals surface area contributed by atoms with Gasteiger partial charge in [-0.1, -0.05) is 29.8 Å². The van der Waals surface area contributed by atoms with Gasteiger partial charge in [-0.25, -0.2) is 9.78 Å². The van der Waals surface area contributed by atoms with Gasteiger partial charge in [0, 0.05) is 50.1 Å². The molecule has 2 aromatic carbocycles. The number of aromatic nitrogens is 4. The fourth-order valence-electron chi connectivity index (χ4n) is 5.06. The number of hydrogen-bond acceptors (Lipinski definition) is 9. The summed E-state index contributed by atoms with van der Waals surface area (Å²) in [6.45, 7) is 6.48. The Labute approximate surface area is 258 Å². The Balaban J connectivity index is 1.22. The van der Waals surface area contributed by atoms with Crippen molar-refractivity contribution in [3.8, 4) is 27.6 Å². The van der Waals surface area contributed by atoms with Crippen LogP contribution in [-0.2, 0) is 16.5 Å². The fourth-order valence-corrected chi connectivity index (χ4v) is 6.39. The zero-order valence-electron chi connectivity index (χ0n) is 24.2. The van der Waals surface area contributed by atoms with E-state index in [1.165, 1.54) is 18.4 Å². The summed E-state index contributed by atoms with van der Waals surface area (Å²) in [4.78, 5) is 20.1. The van der Waals surface area contributed by atoms with Crippen LogP contribution in [0.15, 0.2) is 61.2 Å². The summed E-state index contributed by atoms with van der Waals surface area (Å²) in [6, 6.07) is 13.5. The zero-order valence-corrected chi connectivity index (χ0v) is 25.7. The van der Waals surface area contributed by atoms with Crippen molar-refractivity contribution in [2.24, 2.45) is 7.05 Å². The highest BCUT2D eigenvalue weighted by Crippen LogP contribution is 2.39. The summed E-state index contributed by atoms with van der Waals surface area (Å²) >= 11 is 8.06. The van der Waals surface area contributed by atoms with Gasteiger partial charge >= 0.3 is 5.97 Å². The number of imidazole rings is 1. The Morgan fingerprint density at radius 1 is 1.14 bits per heavy atom. The van der Waals surface area contributed by atoms with Crippen LogP contribution in [0.2, 0.25) is 5.02 Å². The van der Waals surface area contributed by atoms with Gasteiger partial charge in [0.15, 0.2) is 4.88 Å². The SMILES string of the molecule is COC(=O)c1sc(-n2cnc3cc(-c4cnn(C)c4)ccc32)cc1O[C@H](C)c1cccc(OCCN2CCOCC2)c1Cl. The first-order valence-corrected chi connectivity index (χ1v) is 15.2. The van der Waals surface area contributed by atoms with E-state index in [2.05, 4.69) is 15.0 Å². The van der Waals surface area contributed by atoms with Gasteiger partial charge in [0.2, 0.25) is 0 Å². The molecule has 0 N–H and O–H groups in total. The monoisotopic (exact) mass is 621 g/mol. The Morgan fingerprint density at radius 3 is 2.74 bits per heavy atom. The third-order valence-corrected chi connectivity index (χ3v) is 8.88. The lowest BCUT2D eigenvalue weighted by Crippen LogP contribution is -2.38. The molecule has 0 saturated carbocycles. The van der Waals surface area contributed by atoms with Gasteiger partial charge in [-0.15, -0.1) is 11.3 Å². The second-order valence-electron chi connectivity index (χ2n) is 10.2. The maximum Gasteiger partial charge on any atom is 0.351 e. The predicted octanol–water partition coefficient (Wildman–Crippen LogP) is 5.78. The first kappa shape index (κ1) is 29.2. The molecule has 10 nitrogen and oxygen atoms in total. The van der Waals surface area contributed by atoms with E-state index in [4.69, 9.17) is 30.5 Å². The smallest absolute Gasteiger partial charge is 0.351 e. The van der Waals surface area contributed by atoms with Gasteiger partial charge in [0.05, 0.1) is 42.6 Å². The van der Waals surface area contributed by atoms with E-state index in [1.807, 2.05) is 73.4 Å². The van der Waals surface area contributed by atoms with Crippen LogP contribution in [0.5, 0.6) is 11.5 Å². The van der Waals surface area contributed by atoms with Crippen molar-refractivity contribution in [1.82, 2.24) is 24.2 Å². The molecule has 0 amide bonds. The van der Waals surface area contributed by atoms with Crippen LogP contribution in [0.4, 0.5) is 0 Å². The molecule has 224 valence electrons. The quantitative estimate of drug-likeness (QED) is 0.181. The lowest BCUT2D eigenvalue weighted by Gasteiger charge is -2.26. The first-order valence-electron chi connectivity index (χ1n) is 14.0. The molecule has 1 atom stereocenters. The van der Waals surface area contributed by atoms with E-state index in [9.17, 15) is 4.79 Å². The van der Waals surface area contributed by atoms with Crippen LogP contribution in [0.1, 0.15) is 28.3 Å². The molecule has 1 aliphatic heterocycles. The molecule has 12 heteroatoms. The highest BCUT2D eigenvalue weighted by atomic mass is 35.5. The van der Waals surface area contributed by atoms with Crippen LogP contribution in [0.25, 0.3) is 27.2 Å². The van der Waals surface area contributed by atoms with Gasteiger partial charge < -0.3 is 18.9 Å². The molecule has 1 fully saturated rings. The molecule has 3 aromatic heterocycles. The molecular weight excluding hydrogens is 590 g/mol. The van der Waals surface area contributed by atoms with Gasteiger partial charge in [0.25, 0.3) is 0 Å². The van der Waals surface area contributed by atoms with Crippen molar-refractivity contribution in [2.45, 2.75) is 13.0 Å². The molecule has 0 unspecified atom stereocenters. The molecule has 1 saturated heterocycles. The third kappa shape index (κ3) is 6.25. The average molecular weight is 622 g/mol. The van der Waals surface area contributed by atoms with E-state index in [1.54, 1.807) is 11.0 Å². The van der Waals surface area contributed by atoms with E-state index < -0.39 is 12.1 Å². The molecular formula is C31H32ClN5O5S. The normalized spacial score (nSPS) is 14.6. The number of carbonyl (C=O) groups is 1. The molecule has 4 heterocycles.